The summed E-state index contributed by atoms with van der Waals surface area (Å²) in [5, 5.41) is 2.99. The van der Waals surface area contributed by atoms with Crippen LogP contribution in [0.5, 0.6) is 0 Å². The molecule has 7 heteroatoms. The monoisotopic (exact) mass is 390 g/mol. The van der Waals surface area contributed by atoms with Crippen LogP contribution in [0.4, 0.5) is 0 Å². The highest BCUT2D eigenvalue weighted by atomic mass is 79.9. The number of aromatic nitrogens is 4. The van der Waals surface area contributed by atoms with Gasteiger partial charge < -0.3 is 0 Å². The lowest BCUT2D eigenvalue weighted by atomic mass is 10.3. The van der Waals surface area contributed by atoms with Crippen molar-refractivity contribution in [3.05, 3.63) is 51.8 Å². The summed E-state index contributed by atoms with van der Waals surface area (Å²) in [6.45, 7) is 2.00. The highest BCUT2D eigenvalue weighted by molar-refractivity contribution is 9.10. The number of thioether (sulfide) groups is 1. The summed E-state index contributed by atoms with van der Waals surface area (Å²) in [7, 11) is 0. The van der Waals surface area contributed by atoms with Crippen LogP contribution in [0.1, 0.15) is 11.4 Å². The minimum Gasteiger partial charge on any atom is -0.284 e. The minimum atomic E-state index is 0.767. The van der Waals surface area contributed by atoms with E-state index in [-0.39, 0.29) is 0 Å². The van der Waals surface area contributed by atoms with Gasteiger partial charge in [-0.2, -0.15) is 0 Å². The van der Waals surface area contributed by atoms with Crippen LogP contribution in [0.15, 0.2) is 45.5 Å². The van der Waals surface area contributed by atoms with Gasteiger partial charge >= 0.3 is 0 Å². The van der Waals surface area contributed by atoms with Crippen LogP contribution in [0.2, 0.25) is 0 Å². The van der Waals surface area contributed by atoms with Crippen molar-refractivity contribution in [3.8, 4) is 0 Å². The molecule has 0 spiro atoms. The quantitative estimate of drug-likeness (QED) is 0.475. The molecule has 3 aromatic heterocycles. The fraction of sp³-hybridized carbons (Fsp3) is 0.133. The molecule has 0 N–H and O–H groups in total. The van der Waals surface area contributed by atoms with Gasteiger partial charge in [-0.05, 0) is 35.0 Å². The summed E-state index contributed by atoms with van der Waals surface area (Å²) in [5.41, 5.74) is 3.86. The first-order chi connectivity index (χ1) is 10.7. The first kappa shape index (κ1) is 14.2. The zero-order valence-electron chi connectivity index (χ0n) is 11.7. The third-order valence-corrected chi connectivity index (χ3v) is 5.99. The Bertz CT molecular complexity index is 976. The number of para-hydroxylation sites is 2. The van der Waals surface area contributed by atoms with Crippen molar-refractivity contribution in [2.75, 3.05) is 0 Å². The summed E-state index contributed by atoms with van der Waals surface area (Å²) < 4.78 is 3.07. The minimum absolute atomic E-state index is 0.767. The second-order valence-electron chi connectivity index (χ2n) is 4.80. The molecular weight excluding hydrogens is 380 g/mol. The van der Waals surface area contributed by atoms with E-state index in [9.17, 15) is 0 Å². The van der Waals surface area contributed by atoms with Gasteiger partial charge in [0.1, 0.15) is 9.63 Å². The highest BCUT2D eigenvalue weighted by Gasteiger charge is 2.12. The van der Waals surface area contributed by atoms with Gasteiger partial charge in [-0.15, -0.1) is 11.3 Å². The van der Waals surface area contributed by atoms with E-state index in [2.05, 4.69) is 30.3 Å². The van der Waals surface area contributed by atoms with Crippen molar-refractivity contribution in [3.63, 3.8) is 0 Å². The van der Waals surface area contributed by atoms with Crippen LogP contribution in [-0.4, -0.2) is 19.4 Å². The van der Waals surface area contributed by atoms with Gasteiger partial charge in [0.2, 0.25) is 0 Å². The summed E-state index contributed by atoms with van der Waals surface area (Å²) >= 11 is 6.93. The lowest BCUT2D eigenvalue weighted by Crippen LogP contribution is -1.93. The lowest BCUT2D eigenvalue weighted by Gasteiger charge is -2.05. The molecule has 4 aromatic rings. The molecule has 22 heavy (non-hydrogen) atoms. The molecule has 0 radical (unpaired) electrons. The van der Waals surface area contributed by atoms with Gasteiger partial charge in [-0.3, -0.25) is 4.40 Å². The number of hydrogen-bond donors (Lipinski definition) is 0. The maximum atomic E-state index is 4.71. The molecule has 110 valence electrons. The average Bonchev–Trinajstić information content (AvgIpc) is 3.09. The summed E-state index contributed by atoms with van der Waals surface area (Å²) in [6, 6.07) is 7.96. The standard InChI is InChI=1S/C15H11BrN4S2/c1-9-14(18-11-5-3-2-4-10(11)17-9)22-8-12-13(16)20-6-7-21-15(20)19-12/h2-7H,8H2,1H3. The molecule has 0 amide bonds. The largest absolute Gasteiger partial charge is 0.284 e. The topological polar surface area (TPSA) is 43.1 Å². The SMILES string of the molecule is Cc1nc2ccccc2nc1SCc1nc2sccn2c1Br. The van der Waals surface area contributed by atoms with Crippen LogP contribution < -0.4 is 0 Å². The number of rotatable bonds is 3. The van der Waals surface area contributed by atoms with Gasteiger partial charge in [0, 0.05) is 17.3 Å². The number of imidazole rings is 1. The second kappa shape index (κ2) is 5.64. The second-order valence-corrected chi connectivity index (χ2v) is 7.38. The van der Waals surface area contributed by atoms with Crippen molar-refractivity contribution < 1.29 is 0 Å². The molecule has 0 aliphatic heterocycles. The van der Waals surface area contributed by atoms with Crippen LogP contribution in [0.3, 0.4) is 0 Å². The molecule has 1 aromatic carbocycles. The molecule has 0 unspecified atom stereocenters. The summed E-state index contributed by atoms with van der Waals surface area (Å²) in [4.78, 5) is 15.0. The number of fused-ring (bicyclic) bond motifs is 2. The first-order valence-corrected chi connectivity index (χ1v) is 9.34. The first-order valence-electron chi connectivity index (χ1n) is 6.68. The van der Waals surface area contributed by atoms with Gasteiger partial charge in [0.15, 0.2) is 4.96 Å². The zero-order valence-corrected chi connectivity index (χ0v) is 14.9. The van der Waals surface area contributed by atoms with Crippen molar-refractivity contribution in [1.29, 1.82) is 0 Å². The molecule has 4 rings (SSSR count). The van der Waals surface area contributed by atoms with Crippen LogP contribution >= 0.6 is 39.0 Å². The molecule has 0 atom stereocenters. The van der Waals surface area contributed by atoms with Gasteiger partial charge in [0.05, 0.1) is 22.4 Å². The van der Waals surface area contributed by atoms with Crippen molar-refractivity contribution in [2.24, 2.45) is 0 Å². The fourth-order valence-electron chi connectivity index (χ4n) is 2.24. The number of thiazole rings is 1. The molecule has 0 saturated heterocycles. The van der Waals surface area contributed by atoms with Crippen molar-refractivity contribution >= 4 is 55.0 Å². The predicted molar refractivity (Wildman–Crippen MR) is 94.6 cm³/mol. The molecule has 0 aliphatic rings. The van der Waals surface area contributed by atoms with E-state index in [1.165, 1.54) is 0 Å². The van der Waals surface area contributed by atoms with Crippen molar-refractivity contribution in [1.82, 2.24) is 19.4 Å². The van der Waals surface area contributed by atoms with Crippen LogP contribution in [0.25, 0.3) is 16.0 Å². The molecule has 0 bridgehead atoms. The Morgan fingerprint density at radius 1 is 1.18 bits per heavy atom. The Labute approximate surface area is 143 Å². The van der Waals surface area contributed by atoms with E-state index in [0.29, 0.717) is 0 Å². The molecule has 0 fully saturated rings. The summed E-state index contributed by atoms with van der Waals surface area (Å²) in [6.07, 6.45) is 2.02. The number of nitrogens with zero attached hydrogens (tertiary/aromatic N) is 4. The third kappa shape index (κ3) is 2.43. The van der Waals surface area contributed by atoms with Crippen LogP contribution in [-0.2, 0) is 5.75 Å². The van der Waals surface area contributed by atoms with Crippen molar-refractivity contribution in [2.45, 2.75) is 17.7 Å². The number of halogens is 1. The fourth-order valence-corrected chi connectivity index (χ4v) is 4.68. The molecule has 0 aliphatic carbocycles. The number of hydrogen-bond acceptors (Lipinski definition) is 5. The maximum absolute atomic E-state index is 4.71. The maximum Gasteiger partial charge on any atom is 0.194 e. The molecule has 4 nitrogen and oxygen atoms in total. The Morgan fingerprint density at radius 2 is 1.95 bits per heavy atom. The van der Waals surface area contributed by atoms with Gasteiger partial charge in [-0.1, -0.05) is 23.9 Å². The zero-order chi connectivity index (χ0) is 15.1. The van der Waals surface area contributed by atoms with E-state index >= 15 is 0 Å². The van der Waals surface area contributed by atoms with E-state index in [1.54, 1.807) is 23.1 Å². The Hall–Kier alpha value is -1.44. The van der Waals surface area contributed by atoms with Gasteiger partial charge in [-0.25, -0.2) is 15.0 Å². The van der Waals surface area contributed by atoms with E-state index < -0.39 is 0 Å². The van der Waals surface area contributed by atoms with E-state index in [4.69, 9.17) is 4.98 Å². The van der Waals surface area contributed by atoms with Crippen LogP contribution in [0, 0.1) is 6.92 Å². The average molecular weight is 391 g/mol. The Kier molecular flexibility index (Phi) is 3.63. The Morgan fingerprint density at radius 3 is 2.73 bits per heavy atom. The van der Waals surface area contributed by atoms with E-state index in [1.807, 2.05) is 42.8 Å². The summed E-state index contributed by atoms with van der Waals surface area (Å²) in [5.74, 6) is 0.767. The number of aryl methyl sites for hydroxylation is 1. The molecule has 0 saturated carbocycles. The van der Waals surface area contributed by atoms with Gasteiger partial charge in [0.25, 0.3) is 0 Å². The number of benzene rings is 1. The van der Waals surface area contributed by atoms with E-state index in [0.717, 1.165) is 42.8 Å². The smallest absolute Gasteiger partial charge is 0.194 e. The Balaban J connectivity index is 1.64. The lowest BCUT2D eigenvalue weighted by molar-refractivity contribution is 1.04. The highest BCUT2D eigenvalue weighted by Crippen LogP contribution is 2.29. The predicted octanol–water partition coefficient (Wildman–Crippen LogP) is 4.70. The normalized spacial score (nSPS) is 11.5. The molecular formula is C15H11BrN4S2. The third-order valence-electron chi connectivity index (χ3n) is 3.32. The molecule has 3 heterocycles.